The maximum absolute atomic E-state index is 12.6. The van der Waals surface area contributed by atoms with Crippen molar-refractivity contribution < 1.29 is 23.8 Å². The van der Waals surface area contributed by atoms with Crippen LogP contribution in [-0.2, 0) is 22.4 Å². The van der Waals surface area contributed by atoms with Gasteiger partial charge in [0.05, 0.1) is 25.7 Å². The van der Waals surface area contributed by atoms with Crippen LogP contribution in [0.15, 0.2) is 10.5 Å². The Balaban J connectivity index is 2.20. The summed E-state index contributed by atoms with van der Waals surface area (Å²) in [5.74, 6) is -0.0740. The van der Waals surface area contributed by atoms with E-state index in [1.807, 2.05) is 13.8 Å². The van der Waals surface area contributed by atoms with Crippen LogP contribution in [0.3, 0.4) is 0 Å². The van der Waals surface area contributed by atoms with Crippen LogP contribution >= 0.6 is 0 Å². The molecule has 1 atom stereocenters. The molecule has 0 aromatic carbocycles. The van der Waals surface area contributed by atoms with Gasteiger partial charge in [0.15, 0.2) is 5.76 Å². The molecular formula is C15H21NO5. The molecule has 21 heavy (non-hydrogen) atoms. The van der Waals surface area contributed by atoms with Crippen LogP contribution in [0.5, 0.6) is 0 Å². The summed E-state index contributed by atoms with van der Waals surface area (Å²) in [7, 11) is 0. The molecule has 1 aromatic heterocycles. The quantitative estimate of drug-likeness (QED) is 0.894. The van der Waals surface area contributed by atoms with Gasteiger partial charge in [0.1, 0.15) is 5.76 Å². The van der Waals surface area contributed by atoms with E-state index >= 15 is 0 Å². The van der Waals surface area contributed by atoms with Crippen LogP contribution in [0, 0.1) is 0 Å². The molecule has 0 radical (unpaired) electrons. The molecule has 1 saturated heterocycles. The number of furan rings is 1. The van der Waals surface area contributed by atoms with Gasteiger partial charge in [0, 0.05) is 13.0 Å². The Morgan fingerprint density at radius 1 is 1.38 bits per heavy atom. The Kier molecular flexibility index (Phi) is 5.01. The molecule has 0 saturated carbocycles. The molecule has 116 valence electrons. The van der Waals surface area contributed by atoms with Crippen molar-refractivity contribution in [3.63, 3.8) is 0 Å². The lowest BCUT2D eigenvalue weighted by Gasteiger charge is -2.34. The molecule has 1 amide bonds. The first-order chi connectivity index (χ1) is 10.1. The van der Waals surface area contributed by atoms with Gasteiger partial charge in [-0.25, -0.2) is 0 Å². The van der Waals surface area contributed by atoms with Crippen molar-refractivity contribution in [1.82, 2.24) is 4.90 Å². The number of carboxylic acid groups (broad SMARTS) is 1. The number of hydrogen-bond acceptors (Lipinski definition) is 4. The number of hydrogen-bond donors (Lipinski definition) is 1. The predicted molar refractivity (Wildman–Crippen MR) is 75.4 cm³/mol. The third-order valence-electron chi connectivity index (χ3n) is 3.71. The van der Waals surface area contributed by atoms with Gasteiger partial charge >= 0.3 is 5.97 Å². The van der Waals surface area contributed by atoms with E-state index in [4.69, 9.17) is 14.3 Å². The second-order valence-electron chi connectivity index (χ2n) is 5.09. The van der Waals surface area contributed by atoms with Crippen molar-refractivity contribution in [2.75, 3.05) is 19.8 Å². The lowest BCUT2D eigenvalue weighted by molar-refractivity contribution is -0.139. The fourth-order valence-electron chi connectivity index (χ4n) is 2.60. The van der Waals surface area contributed by atoms with Gasteiger partial charge in [-0.15, -0.1) is 0 Å². The number of rotatable bonds is 5. The molecule has 6 nitrogen and oxygen atoms in total. The van der Waals surface area contributed by atoms with Crippen LogP contribution in [0.1, 0.15) is 42.1 Å². The van der Waals surface area contributed by atoms with E-state index in [-0.39, 0.29) is 18.9 Å². The topological polar surface area (TPSA) is 80.0 Å². The average molecular weight is 295 g/mol. The first-order valence-electron chi connectivity index (χ1n) is 7.28. The second-order valence-corrected chi connectivity index (χ2v) is 5.09. The third kappa shape index (κ3) is 3.44. The van der Waals surface area contributed by atoms with Crippen LogP contribution < -0.4 is 0 Å². The molecule has 1 aliphatic heterocycles. The number of aliphatic carboxylic acids is 1. The molecule has 1 aromatic rings. The zero-order valence-corrected chi connectivity index (χ0v) is 12.4. The SMILES string of the molecule is CCc1cc(C(=O)N2CCOC[C@H]2CC(=O)O)oc1CC. The monoisotopic (exact) mass is 295 g/mol. The van der Waals surface area contributed by atoms with E-state index in [2.05, 4.69) is 0 Å². The molecule has 2 rings (SSSR count). The zero-order chi connectivity index (χ0) is 15.4. The minimum atomic E-state index is -0.939. The molecule has 1 aliphatic rings. The fourth-order valence-corrected chi connectivity index (χ4v) is 2.60. The van der Waals surface area contributed by atoms with Gasteiger partial charge in [0.2, 0.25) is 0 Å². The molecule has 0 bridgehead atoms. The minimum Gasteiger partial charge on any atom is -0.481 e. The second kappa shape index (κ2) is 6.76. The lowest BCUT2D eigenvalue weighted by Crippen LogP contribution is -2.49. The van der Waals surface area contributed by atoms with Crippen LogP contribution in [0.2, 0.25) is 0 Å². The van der Waals surface area contributed by atoms with E-state index in [0.717, 1.165) is 24.2 Å². The number of amides is 1. The lowest BCUT2D eigenvalue weighted by atomic mass is 10.1. The van der Waals surface area contributed by atoms with Gasteiger partial charge in [-0.2, -0.15) is 0 Å². The van der Waals surface area contributed by atoms with E-state index in [1.54, 1.807) is 11.0 Å². The molecular weight excluding hydrogens is 274 g/mol. The molecule has 6 heteroatoms. The summed E-state index contributed by atoms with van der Waals surface area (Å²) in [6.07, 6.45) is 1.42. The molecule has 2 heterocycles. The summed E-state index contributed by atoms with van der Waals surface area (Å²) in [6, 6.07) is 1.33. The Morgan fingerprint density at radius 3 is 2.71 bits per heavy atom. The average Bonchev–Trinajstić information content (AvgIpc) is 2.89. The Hall–Kier alpha value is -1.82. The fraction of sp³-hybridized carbons (Fsp3) is 0.600. The summed E-state index contributed by atoms with van der Waals surface area (Å²) in [6.45, 7) is 5.05. The number of carbonyl (C=O) groups is 2. The van der Waals surface area contributed by atoms with Crippen molar-refractivity contribution >= 4 is 11.9 Å². The highest BCUT2D eigenvalue weighted by atomic mass is 16.5. The number of ether oxygens (including phenoxy) is 1. The van der Waals surface area contributed by atoms with E-state index in [0.29, 0.717) is 18.9 Å². The highest BCUT2D eigenvalue weighted by Gasteiger charge is 2.31. The number of aryl methyl sites for hydroxylation is 2. The highest BCUT2D eigenvalue weighted by Crippen LogP contribution is 2.21. The Morgan fingerprint density at radius 2 is 2.14 bits per heavy atom. The van der Waals surface area contributed by atoms with E-state index in [1.165, 1.54) is 0 Å². The Bertz CT molecular complexity index is 501. The van der Waals surface area contributed by atoms with Gasteiger partial charge in [-0.1, -0.05) is 13.8 Å². The maximum Gasteiger partial charge on any atom is 0.305 e. The van der Waals surface area contributed by atoms with Gasteiger partial charge < -0.3 is 19.2 Å². The highest BCUT2D eigenvalue weighted by molar-refractivity contribution is 5.92. The van der Waals surface area contributed by atoms with E-state index < -0.39 is 12.0 Å². The Labute approximate surface area is 123 Å². The van der Waals surface area contributed by atoms with Gasteiger partial charge in [0.25, 0.3) is 5.91 Å². The summed E-state index contributed by atoms with van der Waals surface area (Å²) in [4.78, 5) is 25.0. The zero-order valence-electron chi connectivity index (χ0n) is 12.4. The summed E-state index contributed by atoms with van der Waals surface area (Å²) < 4.78 is 10.9. The maximum atomic E-state index is 12.6. The first kappa shape index (κ1) is 15.6. The van der Waals surface area contributed by atoms with Crippen LogP contribution in [-0.4, -0.2) is 47.7 Å². The molecule has 0 aliphatic carbocycles. The minimum absolute atomic E-state index is 0.117. The van der Waals surface area contributed by atoms with Crippen molar-refractivity contribution in [1.29, 1.82) is 0 Å². The third-order valence-corrected chi connectivity index (χ3v) is 3.71. The number of morpholine rings is 1. The first-order valence-corrected chi connectivity index (χ1v) is 7.28. The summed E-state index contributed by atoms with van der Waals surface area (Å²) >= 11 is 0. The summed E-state index contributed by atoms with van der Waals surface area (Å²) in [5, 5.41) is 8.94. The smallest absolute Gasteiger partial charge is 0.305 e. The van der Waals surface area contributed by atoms with Crippen molar-refractivity contribution in [3.05, 3.63) is 23.2 Å². The molecule has 0 unspecified atom stereocenters. The normalized spacial score (nSPS) is 18.8. The largest absolute Gasteiger partial charge is 0.481 e. The summed E-state index contributed by atoms with van der Waals surface area (Å²) in [5.41, 5.74) is 1.03. The van der Waals surface area contributed by atoms with E-state index in [9.17, 15) is 9.59 Å². The van der Waals surface area contributed by atoms with Crippen molar-refractivity contribution in [2.24, 2.45) is 0 Å². The van der Waals surface area contributed by atoms with Crippen molar-refractivity contribution in [2.45, 2.75) is 39.2 Å². The van der Waals surface area contributed by atoms with Crippen LogP contribution in [0.25, 0.3) is 0 Å². The molecule has 1 fully saturated rings. The molecule has 0 spiro atoms. The number of carbonyl (C=O) groups excluding carboxylic acids is 1. The van der Waals surface area contributed by atoms with Crippen molar-refractivity contribution in [3.8, 4) is 0 Å². The van der Waals surface area contributed by atoms with Gasteiger partial charge in [-0.05, 0) is 18.1 Å². The molecule has 1 N–H and O–H groups in total. The standard InChI is InChI=1S/C15H21NO5/c1-3-10-7-13(21-12(10)4-2)15(19)16-5-6-20-9-11(16)8-14(17)18/h7,11H,3-6,8-9H2,1-2H3,(H,17,18)/t11-/m1/s1. The number of carboxylic acids is 1. The number of nitrogens with zero attached hydrogens (tertiary/aromatic N) is 1. The van der Waals surface area contributed by atoms with Gasteiger partial charge in [-0.3, -0.25) is 9.59 Å². The predicted octanol–water partition coefficient (Wildman–Crippen LogP) is 1.72. The van der Waals surface area contributed by atoms with Crippen LogP contribution in [0.4, 0.5) is 0 Å².